The first-order valence-electron chi connectivity index (χ1n) is 5.81. The molecule has 2 aromatic rings. The first-order valence-corrected chi connectivity index (χ1v) is 6.69. The Morgan fingerprint density at radius 1 is 1.17 bits per heavy atom. The highest BCUT2D eigenvalue weighted by Crippen LogP contribution is 2.09. The van der Waals surface area contributed by atoms with Gasteiger partial charge in [0.1, 0.15) is 5.75 Å². The van der Waals surface area contributed by atoms with Crippen molar-refractivity contribution in [2.75, 3.05) is 6.61 Å². The molecule has 0 spiro atoms. The molecule has 0 atom stereocenters. The molecule has 1 aromatic carbocycles. The largest absolute Gasteiger partial charge is 0.493 e. The fourth-order valence-corrected chi connectivity index (χ4v) is 2.11. The lowest BCUT2D eigenvalue weighted by molar-refractivity contribution is -0.121. The van der Waals surface area contributed by atoms with Gasteiger partial charge >= 0.3 is 0 Å². The number of rotatable bonds is 6. The fourth-order valence-electron chi connectivity index (χ4n) is 1.47. The topological polar surface area (TPSA) is 38.3 Å². The molecule has 18 heavy (non-hydrogen) atoms. The average Bonchev–Trinajstić information content (AvgIpc) is 2.91. The van der Waals surface area contributed by atoms with E-state index in [0.29, 0.717) is 19.6 Å². The molecule has 0 aliphatic rings. The molecule has 0 saturated carbocycles. The van der Waals surface area contributed by atoms with Gasteiger partial charge in [0.15, 0.2) is 0 Å². The maximum Gasteiger partial charge on any atom is 0.223 e. The quantitative estimate of drug-likeness (QED) is 0.868. The van der Waals surface area contributed by atoms with Crippen LogP contribution in [0.2, 0.25) is 0 Å². The van der Waals surface area contributed by atoms with E-state index in [2.05, 4.69) is 5.32 Å². The van der Waals surface area contributed by atoms with E-state index in [1.807, 2.05) is 47.8 Å². The van der Waals surface area contributed by atoms with Gasteiger partial charge in [-0.25, -0.2) is 0 Å². The van der Waals surface area contributed by atoms with Gasteiger partial charge in [-0.2, -0.15) is 0 Å². The van der Waals surface area contributed by atoms with E-state index in [-0.39, 0.29) is 5.91 Å². The number of carbonyl (C=O) groups is 1. The van der Waals surface area contributed by atoms with Crippen molar-refractivity contribution >= 4 is 17.2 Å². The summed E-state index contributed by atoms with van der Waals surface area (Å²) in [6.45, 7) is 1.00. The Kier molecular flexibility index (Phi) is 4.78. The van der Waals surface area contributed by atoms with Crippen molar-refractivity contribution in [1.82, 2.24) is 5.32 Å². The normalized spacial score (nSPS) is 10.0. The molecule has 0 aliphatic heterocycles. The number of ether oxygens (including phenoxy) is 1. The van der Waals surface area contributed by atoms with Crippen LogP contribution in [0, 0.1) is 0 Å². The summed E-state index contributed by atoms with van der Waals surface area (Å²) < 4.78 is 5.46. The van der Waals surface area contributed by atoms with Crippen LogP contribution in [-0.2, 0) is 11.3 Å². The minimum absolute atomic E-state index is 0.0133. The summed E-state index contributed by atoms with van der Waals surface area (Å²) in [5.41, 5.74) is 0. The molecule has 0 aliphatic carbocycles. The second-order valence-electron chi connectivity index (χ2n) is 3.77. The van der Waals surface area contributed by atoms with Crippen LogP contribution in [-0.4, -0.2) is 12.5 Å². The van der Waals surface area contributed by atoms with E-state index < -0.39 is 0 Å². The first kappa shape index (κ1) is 12.6. The molecule has 94 valence electrons. The average molecular weight is 261 g/mol. The molecule has 1 aromatic heterocycles. The summed E-state index contributed by atoms with van der Waals surface area (Å²) in [5.74, 6) is 0.808. The maximum atomic E-state index is 11.5. The van der Waals surface area contributed by atoms with Crippen molar-refractivity contribution in [2.45, 2.75) is 13.0 Å². The summed E-state index contributed by atoms with van der Waals surface area (Å²) in [4.78, 5) is 12.7. The van der Waals surface area contributed by atoms with Gasteiger partial charge in [0, 0.05) is 4.88 Å². The predicted molar refractivity (Wildman–Crippen MR) is 72.7 cm³/mol. The van der Waals surface area contributed by atoms with Crippen LogP contribution in [0.15, 0.2) is 47.8 Å². The maximum absolute atomic E-state index is 11.5. The van der Waals surface area contributed by atoms with Crippen molar-refractivity contribution in [3.63, 3.8) is 0 Å². The minimum Gasteiger partial charge on any atom is -0.493 e. The van der Waals surface area contributed by atoms with Gasteiger partial charge in [-0.3, -0.25) is 4.79 Å². The molecule has 0 saturated heterocycles. The molecule has 1 amide bonds. The minimum atomic E-state index is 0.0133. The van der Waals surface area contributed by atoms with E-state index >= 15 is 0 Å². The molecule has 2 rings (SSSR count). The Morgan fingerprint density at radius 3 is 2.72 bits per heavy atom. The SMILES string of the molecule is O=C(CCOc1ccccc1)NCc1cccs1. The molecule has 1 N–H and O–H groups in total. The Hall–Kier alpha value is -1.81. The van der Waals surface area contributed by atoms with E-state index in [1.54, 1.807) is 11.3 Å². The zero-order chi connectivity index (χ0) is 12.6. The monoisotopic (exact) mass is 261 g/mol. The number of amides is 1. The molecule has 1 heterocycles. The smallest absolute Gasteiger partial charge is 0.223 e. The number of hydrogen-bond acceptors (Lipinski definition) is 3. The molecular weight excluding hydrogens is 246 g/mol. The van der Waals surface area contributed by atoms with Crippen molar-refractivity contribution < 1.29 is 9.53 Å². The number of thiophene rings is 1. The molecule has 0 radical (unpaired) electrons. The third-order valence-electron chi connectivity index (χ3n) is 2.38. The highest BCUT2D eigenvalue weighted by Gasteiger charge is 2.02. The lowest BCUT2D eigenvalue weighted by Crippen LogP contribution is -2.23. The highest BCUT2D eigenvalue weighted by atomic mass is 32.1. The van der Waals surface area contributed by atoms with Crippen LogP contribution < -0.4 is 10.1 Å². The Balaban J connectivity index is 1.63. The van der Waals surface area contributed by atoms with Gasteiger partial charge < -0.3 is 10.1 Å². The van der Waals surface area contributed by atoms with Gasteiger partial charge in [0.2, 0.25) is 5.91 Å². The summed E-state index contributed by atoms with van der Waals surface area (Å²) in [6, 6.07) is 13.5. The third-order valence-corrected chi connectivity index (χ3v) is 3.26. The Morgan fingerprint density at radius 2 is 2.00 bits per heavy atom. The molecule has 0 unspecified atom stereocenters. The van der Waals surface area contributed by atoms with Crippen molar-refractivity contribution in [2.24, 2.45) is 0 Å². The first-order chi connectivity index (χ1) is 8.84. The molecule has 0 fully saturated rings. The van der Waals surface area contributed by atoms with Crippen LogP contribution in [0.4, 0.5) is 0 Å². The van der Waals surface area contributed by atoms with Crippen molar-refractivity contribution in [3.05, 3.63) is 52.7 Å². The van der Waals surface area contributed by atoms with E-state index in [0.717, 1.165) is 10.6 Å². The molecule has 0 bridgehead atoms. The Labute approximate surface area is 110 Å². The second-order valence-corrected chi connectivity index (χ2v) is 4.80. The molecule has 4 heteroatoms. The van der Waals surface area contributed by atoms with Crippen molar-refractivity contribution in [1.29, 1.82) is 0 Å². The van der Waals surface area contributed by atoms with Gasteiger partial charge in [-0.15, -0.1) is 11.3 Å². The van der Waals surface area contributed by atoms with Crippen LogP contribution >= 0.6 is 11.3 Å². The van der Waals surface area contributed by atoms with Crippen LogP contribution in [0.1, 0.15) is 11.3 Å². The zero-order valence-corrected chi connectivity index (χ0v) is 10.8. The number of hydrogen-bond donors (Lipinski definition) is 1. The van der Waals surface area contributed by atoms with E-state index in [9.17, 15) is 4.79 Å². The summed E-state index contributed by atoms with van der Waals surface area (Å²) >= 11 is 1.64. The number of carbonyl (C=O) groups excluding carboxylic acids is 1. The zero-order valence-electron chi connectivity index (χ0n) is 9.96. The molecule has 3 nitrogen and oxygen atoms in total. The van der Waals surface area contributed by atoms with Crippen LogP contribution in [0.3, 0.4) is 0 Å². The number of para-hydroxylation sites is 1. The fraction of sp³-hybridized carbons (Fsp3) is 0.214. The van der Waals surface area contributed by atoms with Crippen molar-refractivity contribution in [3.8, 4) is 5.75 Å². The van der Waals surface area contributed by atoms with Gasteiger partial charge in [0.25, 0.3) is 0 Å². The lowest BCUT2D eigenvalue weighted by atomic mass is 10.3. The molecular formula is C14H15NO2S. The predicted octanol–water partition coefficient (Wildman–Crippen LogP) is 2.83. The van der Waals surface area contributed by atoms with Gasteiger partial charge in [-0.1, -0.05) is 24.3 Å². The van der Waals surface area contributed by atoms with Crippen LogP contribution in [0.5, 0.6) is 5.75 Å². The highest BCUT2D eigenvalue weighted by molar-refractivity contribution is 7.09. The standard InChI is InChI=1S/C14H15NO2S/c16-14(15-11-13-7-4-10-18-13)8-9-17-12-5-2-1-3-6-12/h1-7,10H,8-9,11H2,(H,15,16). The summed E-state index contributed by atoms with van der Waals surface area (Å²) in [6.07, 6.45) is 0.375. The number of nitrogens with one attached hydrogen (secondary N) is 1. The summed E-state index contributed by atoms with van der Waals surface area (Å²) in [5, 5.41) is 4.86. The Bertz CT molecular complexity index is 468. The van der Waals surface area contributed by atoms with E-state index in [4.69, 9.17) is 4.74 Å². The van der Waals surface area contributed by atoms with Crippen LogP contribution in [0.25, 0.3) is 0 Å². The van der Waals surface area contributed by atoms with E-state index in [1.165, 1.54) is 0 Å². The summed E-state index contributed by atoms with van der Waals surface area (Å²) in [7, 11) is 0. The second kappa shape index (κ2) is 6.81. The van der Waals surface area contributed by atoms with Gasteiger partial charge in [0.05, 0.1) is 19.6 Å². The lowest BCUT2D eigenvalue weighted by Gasteiger charge is -2.06. The van der Waals surface area contributed by atoms with Gasteiger partial charge in [-0.05, 0) is 23.6 Å². The third kappa shape index (κ3) is 4.22. The number of benzene rings is 1.